The molecule has 2 N–H and O–H groups in total. The molecule has 1 aliphatic carbocycles. The van der Waals surface area contributed by atoms with Crippen molar-refractivity contribution in [3.63, 3.8) is 0 Å². The number of rotatable bonds is 9. The normalized spacial score (nSPS) is 16.3. The van der Waals surface area contributed by atoms with Crippen LogP contribution in [0.15, 0.2) is 36.8 Å². The summed E-state index contributed by atoms with van der Waals surface area (Å²) in [6, 6.07) is 4.45. The van der Waals surface area contributed by atoms with Crippen LogP contribution in [0.1, 0.15) is 56.7 Å². The highest BCUT2D eigenvalue weighted by Crippen LogP contribution is 2.30. The Morgan fingerprint density at radius 2 is 1.90 bits per heavy atom. The van der Waals surface area contributed by atoms with Crippen molar-refractivity contribution in [1.82, 2.24) is 15.3 Å². The first kappa shape index (κ1) is 22.3. The maximum atomic E-state index is 12.7. The molecule has 0 unspecified atom stereocenters. The number of halogens is 3. The van der Waals surface area contributed by atoms with E-state index in [1.807, 2.05) is 12.3 Å². The highest BCUT2D eigenvalue weighted by molar-refractivity contribution is 5.42. The van der Waals surface area contributed by atoms with E-state index in [1.165, 1.54) is 18.7 Å². The number of anilines is 1. The summed E-state index contributed by atoms with van der Waals surface area (Å²) in [6.45, 7) is 4.00. The van der Waals surface area contributed by atoms with Gasteiger partial charge in [-0.2, -0.15) is 13.2 Å². The number of hydrogen-bond acceptors (Lipinski definition) is 5. The third-order valence-electron chi connectivity index (χ3n) is 5.41. The van der Waals surface area contributed by atoms with Crippen molar-refractivity contribution in [2.45, 2.75) is 63.7 Å². The molecular formula is C22H29F3N4O. The van der Waals surface area contributed by atoms with Gasteiger partial charge in [-0.3, -0.25) is 4.98 Å². The van der Waals surface area contributed by atoms with Crippen molar-refractivity contribution < 1.29 is 17.9 Å². The lowest BCUT2D eigenvalue weighted by atomic mass is 9.81. The van der Waals surface area contributed by atoms with E-state index in [1.54, 1.807) is 6.20 Å². The Morgan fingerprint density at radius 3 is 2.57 bits per heavy atom. The first-order valence-electron chi connectivity index (χ1n) is 10.5. The van der Waals surface area contributed by atoms with Crippen LogP contribution in [0.5, 0.6) is 5.75 Å². The molecule has 0 saturated heterocycles. The molecule has 0 bridgehead atoms. The Labute approximate surface area is 175 Å². The van der Waals surface area contributed by atoms with Crippen LogP contribution in [0.3, 0.4) is 0 Å². The van der Waals surface area contributed by atoms with Crippen LogP contribution < -0.4 is 15.4 Å². The van der Waals surface area contributed by atoms with Crippen LogP contribution in [0.2, 0.25) is 0 Å². The highest BCUT2D eigenvalue weighted by Gasteiger charge is 2.33. The third kappa shape index (κ3) is 6.32. The number of alkyl halides is 3. The Morgan fingerprint density at radius 1 is 1.10 bits per heavy atom. The molecule has 0 atom stereocenters. The molecule has 0 aliphatic heterocycles. The van der Waals surface area contributed by atoms with Gasteiger partial charge in [0.05, 0.1) is 24.7 Å². The van der Waals surface area contributed by atoms with Crippen molar-refractivity contribution >= 4 is 5.69 Å². The van der Waals surface area contributed by atoms with Crippen LogP contribution in [-0.2, 0) is 12.7 Å². The zero-order valence-electron chi connectivity index (χ0n) is 17.3. The molecule has 0 aromatic carbocycles. The van der Waals surface area contributed by atoms with E-state index in [0.717, 1.165) is 49.5 Å². The molecular weight excluding hydrogens is 393 g/mol. The Balaban J connectivity index is 1.62. The summed E-state index contributed by atoms with van der Waals surface area (Å²) in [7, 11) is 0. The first-order chi connectivity index (χ1) is 14.4. The molecule has 8 heteroatoms. The van der Waals surface area contributed by atoms with E-state index in [2.05, 4.69) is 27.5 Å². The zero-order valence-corrected chi connectivity index (χ0v) is 17.3. The Kier molecular flexibility index (Phi) is 7.53. The molecule has 2 aromatic rings. The average Bonchev–Trinajstić information content (AvgIpc) is 2.76. The van der Waals surface area contributed by atoms with Gasteiger partial charge >= 0.3 is 6.18 Å². The minimum atomic E-state index is -4.42. The summed E-state index contributed by atoms with van der Waals surface area (Å²) in [6.07, 6.45) is 6.77. The molecule has 1 saturated carbocycles. The molecule has 3 rings (SSSR count). The van der Waals surface area contributed by atoms with Gasteiger partial charge in [-0.05, 0) is 43.0 Å². The first-order valence-corrected chi connectivity index (χ1v) is 10.5. The van der Waals surface area contributed by atoms with Crippen molar-refractivity contribution in [3.8, 4) is 5.75 Å². The summed E-state index contributed by atoms with van der Waals surface area (Å²) in [5.41, 5.74) is 0.633. The van der Waals surface area contributed by atoms with E-state index < -0.39 is 11.9 Å². The van der Waals surface area contributed by atoms with Crippen LogP contribution in [0.25, 0.3) is 0 Å². The highest BCUT2D eigenvalue weighted by atomic mass is 19.4. The van der Waals surface area contributed by atoms with Gasteiger partial charge in [0.25, 0.3) is 0 Å². The Bertz CT molecular complexity index is 790. The molecule has 2 aromatic heterocycles. The van der Waals surface area contributed by atoms with Crippen LogP contribution in [-0.4, -0.2) is 28.7 Å². The summed E-state index contributed by atoms with van der Waals surface area (Å²) < 4.78 is 43.8. The molecule has 0 radical (unpaired) electrons. The quantitative estimate of drug-likeness (QED) is 0.583. The van der Waals surface area contributed by atoms with Crippen molar-refractivity contribution in [3.05, 3.63) is 48.0 Å². The number of pyridine rings is 2. The predicted molar refractivity (Wildman–Crippen MR) is 110 cm³/mol. The standard InChI is InChI=1S/C22H29F3N4O/c1-2-10-30-19-11-17(12-26-15-19)13-29-21(8-4-3-5-9-21)16-28-18-6-7-20(27-14-18)22(23,24)25/h6-7,11-12,14-15,28-29H,2-5,8-10,13,16H2,1H3. The molecule has 5 nitrogen and oxygen atoms in total. The third-order valence-corrected chi connectivity index (χ3v) is 5.41. The van der Waals surface area contributed by atoms with E-state index >= 15 is 0 Å². The minimum absolute atomic E-state index is 0.124. The minimum Gasteiger partial charge on any atom is -0.492 e. The van der Waals surface area contributed by atoms with Gasteiger partial charge in [0.15, 0.2) is 0 Å². The van der Waals surface area contributed by atoms with Gasteiger partial charge < -0.3 is 15.4 Å². The van der Waals surface area contributed by atoms with E-state index in [-0.39, 0.29) is 5.54 Å². The SMILES string of the molecule is CCCOc1cncc(CNC2(CNc3ccc(C(F)(F)F)nc3)CCCCC2)c1. The Hall–Kier alpha value is -2.35. The van der Waals surface area contributed by atoms with Crippen molar-refractivity contribution in [1.29, 1.82) is 0 Å². The molecule has 164 valence electrons. The van der Waals surface area contributed by atoms with Gasteiger partial charge in [0, 0.05) is 24.8 Å². The second-order valence-electron chi connectivity index (χ2n) is 7.86. The maximum Gasteiger partial charge on any atom is 0.433 e. The smallest absolute Gasteiger partial charge is 0.433 e. The largest absolute Gasteiger partial charge is 0.492 e. The second kappa shape index (κ2) is 10.1. The van der Waals surface area contributed by atoms with Crippen molar-refractivity contribution in [2.75, 3.05) is 18.5 Å². The predicted octanol–water partition coefficient (Wildman–Crippen LogP) is 5.19. The number of hydrogen-bond donors (Lipinski definition) is 2. The van der Waals surface area contributed by atoms with Gasteiger partial charge in [-0.15, -0.1) is 0 Å². The number of aromatic nitrogens is 2. The lowest BCUT2D eigenvalue weighted by Gasteiger charge is -2.39. The fourth-order valence-corrected chi connectivity index (χ4v) is 3.73. The van der Waals surface area contributed by atoms with E-state index in [0.29, 0.717) is 25.4 Å². The molecule has 0 spiro atoms. The fraction of sp³-hybridized carbons (Fsp3) is 0.545. The summed E-state index contributed by atoms with van der Waals surface area (Å²) >= 11 is 0. The van der Waals surface area contributed by atoms with Crippen molar-refractivity contribution in [2.24, 2.45) is 0 Å². The summed E-state index contributed by atoms with van der Waals surface area (Å²) in [5, 5.41) is 6.96. The van der Waals surface area contributed by atoms with Gasteiger partial charge in [-0.1, -0.05) is 26.2 Å². The fourth-order valence-electron chi connectivity index (χ4n) is 3.73. The zero-order chi connectivity index (χ0) is 21.5. The van der Waals surface area contributed by atoms with Gasteiger partial charge in [0.2, 0.25) is 0 Å². The monoisotopic (exact) mass is 422 g/mol. The second-order valence-corrected chi connectivity index (χ2v) is 7.86. The summed E-state index contributed by atoms with van der Waals surface area (Å²) in [4.78, 5) is 7.80. The lowest BCUT2D eigenvalue weighted by molar-refractivity contribution is -0.141. The molecule has 0 amide bonds. The van der Waals surface area contributed by atoms with E-state index in [4.69, 9.17) is 4.74 Å². The van der Waals surface area contributed by atoms with E-state index in [9.17, 15) is 13.2 Å². The number of ether oxygens (including phenoxy) is 1. The lowest BCUT2D eigenvalue weighted by Crippen LogP contribution is -2.51. The average molecular weight is 422 g/mol. The molecule has 30 heavy (non-hydrogen) atoms. The van der Waals surface area contributed by atoms with Crippen LogP contribution in [0, 0.1) is 0 Å². The molecule has 2 heterocycles. The van der Waals surface area contributed by atoms with Gasteiger partial charge in [-0.25, -0.2) is 4.98 Å². The topological polar surface area (TPSA) is 59.1 Å². The van der Waals surface area contributed by atoms with Crippen LogP contribution >= 0.6 is 0 Å². The molecule has 1 fully saturated rings. The maximum absolute atomic E-state index is 12.7. The van der Waals surface area contributed by atoms with Crippen LogP contribution in [0.4, 0.5) is 18.9 Å². The molecule has 1 aliphatic rings. The number of nitrogens with zero attached hydrogens (tertiary/aromatic N) is 2. The summed E-state index contributed by atoms with van der Waals surface area (Å²) in [5.74, 6) is 0.766. The number of nitrogens with one attached hydrogen (secondary N) is 2. The van der Waals surface area contributed by atoms with Gasteiger partial charge in [0.1, 0.15) is 11.4 Å².